The number of esters is 3. The smallest absolute Gasteiger partial charge is 0.324 e. The first-order valence-corrected chi connectivity index (χ1v) is 11.8. The lowest BCUT2D eigenvalue weighted by atomic mass is 9.70. The van der Waals surface area contributed by atoms with Crippen LogP contribution in [0.3, 0.4) is 0 Å². The van der Waals surface area contributed by atoms with Gasteiger partial charge in [-0.05, 0) is 43.2 Å². The zero-order valence-corrected chi connectivity index (χ0v) is 19.8. The van der Waals surface area contributed by atoms with Crippen molar-refractivity contribution in [2.45, 2.75) is 32.6 Å². The van der Waals surface area contributed by atoms with Crippen molar-refractivity contribution < 1.29 is 33.4 Å². The van der Waals surface area contributed by atoms with Crippen LogP contribution in [-0.2, 0) is 28.6 Å². The highest BCUT2D eigenvalue weighted by Crippen LogP contribution is 2.59. The van der Waals surface area contributed by atoms with Crippen LogP contribution in [0, 0.1) is 17.3 Å². The Hall–Kier alpha value is -3.00. The Morgan fingerprint density at radius 2 is 1.61 bits per heavy atom. The molecule has 0 aliphatic heterocycles. The molecule has 0 unspecified atom stereocenters. The molecule has 1 aliphatic carbocycles. The van der Waals surface area contributed by atoms with Gasteiger partial charge in [-0.1, -0.05) is 36.4 Å². The van der Waals surface area contributed by atoms with E-state index in [2.05, 4.69) is 0 Å². The predicted octanol–water partition coefficient (Wildman–Crippen LogP) is 4.03. The van der Waals surface area contributed by atoms with E-state index in [1.165, 1.54) is 18.4 Å². The molecule has 1 heterocycles. The summed E-state index contributed by atoms with van der Waals surface area (Å²) in [6.07, 6.45) is -0.163. The number of Topliss-reactive ketones (excluding diaryl/α,β-unsaturated/α-hetero) is 1. The third kappa shape index (κ3) is 4.71. The normalized spacial score (nSPS) is 21.2. The molecule has 7 nitrogen and oxygen atoms in total. The van der Waals surface area contributed by atoms with E-state index in [1.54, 1.807) is 55.6 Å². The Morgan fingerprint density at radius 3 is 2.12 bits per heavy atom. The lowest BCUT2D eigenvalue weighted by Gasteiger charge is -2.33. The van der Waals surface area contributed by atoms with Gasteiger partial charge in [0.1, 0.15) is 0 Å². The number of carbonyl (C=O) groups excluding carboxylic acids is 4. The van der Waals surface area contributed by atoms with Crippen LogP contribution in [0.4, 0.5) is 0 Å². The van der Waals surface area contributed by atoms with Crippen molar-refractivity contribution in [3.8, 4) is 0 Å². The quantitative estimate of drug-likeness (QED) is 0.235. The first-order chi connectivity index (χ1) is 15.9. The van der Waals surface area contributed by atoms with Gasteiger partial charge in [-0.2, -0.15) is 0 Å². The Labute approximate surface area is 197 Å². The fraction of sp³-hybridized carbons (Fsp3) is 0.440. The maximum absolute atomic E-state index is 13.8. The Bertz CT molecular complexity index is 965. The minimum atomic E-state index is -1.76. The molecule has 1 aromatic heterocycles. The van der Waals surface area contributed by atoms with Crippen LogP contribution in [0.25, 0.3) is 0 Å². The number of ether oxygens (including phenoxy) is 3. The summed E-state index contributed by atoms with van der Waals surface area (Å²) in [4.78, 5) is 53.5. The van der Waals surface area contributed by atoms with Gasteiger partial charge in [-0.15, -0.1) is 11.3 Å². The van der Waals surface area contributed by atoms with Crippen LogP contribution in [0.2, 0.25) is 0 Å². The minimum absolute atomic E-state index is 0.0545. The second-order valence-corrected chi connectivity index (χ2v) is 8.86. The van der Waals surface area contributed by atoms with Crippen LogP contribution < -0.4 is 0 Å². The van der Waals surface area contributed by atoms with Gasteiger partial charge < -0.3 is 14.2 Å². The molecule has 1 fully saturated rings. The Morgan fingerprint density at radius 1 is 0.970 bits per heavy atom. The summed E-state index contributed by atoms with van der Waals surface area (Å²) in [5, 5.41) is 1.79. The molecule has 0 N–H and O–H groups in total. The second-order valence-electron chi connectivity index (χ2n) is 7.91. The van der Waals surface area contributed by atoms with Gasteiger partial charge in [0, 0.05) is 18.3 Å². The van der Waals surface area contributed by atoms with Gasteiger partial charge >= 0.3 is 17.9 Å². The number of ketones is 1. The molecular formula is C25H28O7S. The van der Waals surface area contributed by atoms with E-state index in [4.69, 9.17) is 14.2 Å². The zero-order chi connectivity index (χ0) is 24.0. The molecule has 1 aromatic carbocycles. The summed E-state index contributed by atoms with van der Waals surface area (Å²) in [5.74, 6) is -4.52. The van der Waals surface area contributed by atoms with Gasteiger partial charge in [0.15, 0.2) is 11.2 Å². The molecule has 176 valence electrons. The molecule has 0 amide bonds. The average molecular weight is 473 g/mol. The average Bonchev–Trinajstić information content (AvgIpc) is 3.47. The number of benzene rings is 1. The molecule has 33 heavy (non-hydrogen) atoms. The van der Waals surface area contributed by atoms with Crippen LogP contribution in [0.5, 0.6) is 0 Å². The summed E-state index contributed by atoms with van der Waals surface area (Å²) in [6.45, 7) is 3.44. The van der Waals surface area contributed by atoms with E-state index in [1.807, 2.05) is 6.07 Å². The third-order valence-corrected chi connectivity index (χ3v) is 7.03. The third-order valence-electron chi connectivity index (χ3n) is 6.14. The highest BCUT2D eigenvalue weighted by atomic mass is 32.1. The molecular weight excluding hydrogens is 444 g/mol. The lowest BCUT2D eigenvalue weighted by molar-refractivity contribution is -0.173. The number of carbonyl (C=O) groups is 4. The molecule has 8 heteroatoms. The molecule has 2 aromatic rings. The number of rotatable bonds is 9. The predicted molar refractivity (Wildman–Crippen MR) is 122 cm³/mol. The van der Waals surface area contributed by atoms with Gasteiger partial charge in [-0.3, -0.25) is 19.2 Å². The highest BCUT2D eigenvalue weighted by molar-refractivity contribution is 7.12. The van der Waals surface area contributed by atoms with Gasteiger partial charge in [-0.25, -0.2) is 0 Å². The number of hydrogen-bond acceptors (Lipinski definition) is 8. The molecule has 0 saturated heterocycles. The molecule has 3 atom stereocenters. The molecule has 0 radical (unpaired) electrons. The number of thiophene rings is 1. The van der Waals surface area contributed by atoms with E-state index in [9.17, 15) is 19.2 Å². The van der Waals surface area contributed by atoms with E-state index in [0.29, 0.717) is 10.4 Å². The van der Waals surface area contributed by atoms with Crippen molar-refractivity contribution in [2.75, 3.05) is 20.3 Å². The lowest BCUT2D eigenvalue weighted by Crippen LogP contribution is -2.45. The molecule has 0 bridgehead atoms. The number of methoxy groups -OCH3 is 1. The highest BCUT2D eigenvalue weighted by Gasteiger charge is 2.66. The van der Waals surface area contributed by atoms with Crippen molar-refractivity contribution in [1.82, 2.24) is 0 Å². The second kappa shape index (κ2) is 10.7. The van der Waals surface area contributed by atoms with Crippen LogP contribution in [0.1, 0.15) is 47.8 Å². The van der Waals surface area contributed by atoms with Crippen molar-refractivity contribution in [3.63, 3.8) is 0 Å². The van der Waals surface area contributed by atoms with Gasteiger partial charge in [0.2, 0.25) is 0 Å². The largest absolute Gasteiger partial charge is 0.469 e. The first-order valence-electron chi connectivity index (χ1n) is 10.9. The monoisotopic (exact) mass is 472 g/mol. The van der Waals surface area contributed by atoms with Crippen molar-refractivity contribution in [1.29, 1.82) is 0 Å². The van der Waals surface area contributed by atoms with Gasteiger partial charge in [0.05, 0.1) is 25.2 Å². The maximum atomic E-state index is 13.8. The maximum Gasteiger partial charge on any atom is 0.324 e. The Kier molecular flexibility index (Phi) is 8.02. The number of hydrogen-bond donors (Lipinski definition) is 0. The van der Waals surface area contributed by atoms with Gasteiger partial charge in [0.25, 0.3) is 0 Å². The molecule has 1 saturated carbocycles. The first kappa shape index (κ1) is 24.6. The van der Waals surface area contributed by atoms with Crippen LogP contribution >= 0.6 is 11.3 Å². The summed E-state index contributed by atoms with van der Waals surface area (Å²) in [7, 11) is 1.27. The molecule has 0 spiro atoms. The SMILES string of the molecule is CCOC(=O)C1(C(=O)OCC)C[C@H](CC(=O)OC)[C@@H](C(=O)c2cccs2)[C@H]1c1ccccc1. The van der Waals surface area contributed by atoms with Crippen molar-refractivity contribution in [2.24, 2.45) is 17.3 Å². The molecule has 3 rings (SSSR count). The summed E-state index contributed by atoms with van der Waals surface area (Å²) >= 11 is 1.28. The van der Waals surface area contributed by atoms with Crippen LogP contribution in [-0.4, -0.2) is 44.0 Å². The van der Waals surface area contributed by atoms with E-state index >= 15 is 0 Å². The fourth-order valence-corrected chi connectivity index (χ4v) is 5.58. The van der Waals surface area contributed by atoms with E-state index < -0.39 is 41.1 Å². The topological polar surface area (TPSA) is 96.0 Å². The standard InChI is InChI=1S/C25H28O7S/c1-4-31-23(28)25(24(29)32-5-2)15-17(14-19(26)30-3)20(22(27)18-12-9-13-33-18)21(25)16-10-7-6-8-11-16/h6-13,17,20-21H,4-5,14-15H2,1-3H3/t17-,20+,21+/m0/s1. The summed E-state index contributed by atoms with van der Waals surface area (Å²) < 4.78 is 15.6. The van der Waals surface area contributed by atoms with Crippen LogP contribution in [0.15, 0.2) is 47.8 Å². The van der Waals surface area contributed by atoms with Crippen molar-refractivity contribution in [3.05, 3.63) is 58.3 Å². The van der Waals surface area contributed by atoms with Crippen molar-refractivity contribution >= 4 is 35.0 Å². The van der Waals surface area contributed by atoms with E-state index in [0.717, 1.165) is 0 Å². The summed E-state index contributed by atoms with van der Waals surface area (Å²) in [6, 6.07) is 12.4. The fourth-order valence-electron chi connectivity index (χ4n) is 4.87. The Balaban J connectivity index is 2.25. The van der Waals surface area contributed by atoms with E-state index in [-0.39, 0.29) is 31.8 Å². The summed E-state index contributed by atoms with van der Waals surface area (Å²) in [5.41, 5.74) is -1.12. The molecule has 1 aliphatic rings. The minimum Gasteiger partial charge on any atom is -0.469 e. The zero-order valence-electron chi connectivity index (χ0n) is 18.9.